The standard InChI is InChI=1S/C15H15N5O2/c1-9-6-13(22-20-9)8-14(21)17-12-5-3-4-11(7-12)15-16-10(2)18-19-15/h3-7H,8H2,1-2H3,(H,17,21)(H,16,18,19). The molecule has 0 unspecified atom stereocenters. The lowest BCUT2D eigenvalue weighted by atomic mass is 10.2. The van der Waals surface area contributed by atoms with Gasteiger partial charge in [0.25, 0.3) is 0 Å². The van der Waals surface area contributed by atoms with Gasteiger partial charge >= 0.3 is 0 Å². The molecule has 7 heteroatoms. The number of carbonyl (C=O) groups is 1. The molecule has 112 valence electrons. The molecule has 2 aromatic heterocycles. The van der Waals surface area contributed by atoms with Crippen LogP contribution in [0.2, 0.25) is 0 Å². The average Bonchev–Trinajstić information content (AvgIpc) is 3.08. The van der Waals surface area contributed by atoms with Crippen molar-refractivity contribution in [2.75, 3.05) is 5.32 Å². The molecule has 0 saturated heterocycles. The minimum absolute atomic E-state index is 0.144. The molecular formula is C15H15N5O2. The molecular weight excluding hydrogens is 282 g/mol. The van der Waals surface area contributed by atoms with E-state index >= 15 is 0 Å². The van der Waals surface area contributed by atoms with E-state index in [2.05, 4.69) is 25.7 Å². The van der Waals surface area contributed by atoms with Gasteiger partial charge in [0.1, 0.15) is 11.6 Å². The van der Waals surface area contributed by atoms with Gasteiger partial charge in [0, 0.05) is 17.3 Å². The zero-order valence-corrected chi connectivity index (χ0v) is 12.3. The van der Waals surface area contributed by atoms with E-state index in [-0.39, 0.29) is 12.3 Å². The summed E-state index contributed by atoms with van der Waals surface area (Å²) >= 11 is 0. The number of H-pyrrole nitrogens is 1. The molecule has 0 aliphatic carbocycles. The number of amides is 1. The molecule has 0 radical (unpaired) electrons. The number of aromatic amines is 1. The summed E-state index contributed by atoms with van der Waals surface area (Å²) in [7, 11) is 0. The normalized spacial score (nSPS) is 10.6. The molecule has 0 fully saturated rings. The lowest BCUT2D eigenvalue weighted by molar-refractivity contribution is -0.115. The maximum absolute atomic E-state index is 12.0. The monoisotopic (exact) mass is 297 g/mol. The summed E-state index contributed by atoms with van der Waals surface area (Å²) in [5, 5.41) is 13.5. The number of hydrogen-bond donors (Lipinski definition) is 2. The predicted molar refractivity (Wildman–Crippen MR) is 80.1 cm³/mol. The van der Waals surface area contributed by atoms with Crippen LogP contribution in [-0.4, -0.2) is 26.2 Å². The van der Waals surface area contributed by atoms with Crippen LogP contribution in [0.15, 0.2) is 34.9 Å². The average molecular weight is 297 g/mol. The van der Waals surface area contributed by atoms with Gasteiger partial charge in [0.2, 0.25) is 5.91 Å². The summed E-state index contributed by atoms with van der Waals surface area (Å²) in [6.07, 6.45) is 0.144. The highest BCUT2D eigenvalue weighted by molar-refractivity contribution is 5.92. The van der Waals surface area contributed by atoms with Crippen molar-refractivity contribution >= 4 is 11.6 Å². The van der Waals surface area contributed by atoms with Crippen LogP contribution in [0, 0.1) is 13.8 Å². The van der Waals surface area contributed by atoms with Crippen LogP contribution in [0.4, 0.5) is 5.69 Å². The van der Waals surface area contributed by atoms with E-state index in [4.69, 9.17) is 4.52 Å². The van der Waals surface area contributed by atoms with Crippen molar-refractivity contribution in [3.8, 4) is 11.4 Å². The molecule has 0 bridgehead atoms. The van der Waals surface area contributed by atoms with Crippen molar-refractivity contribution in [3.05, 3.63) is 47.6 Å². The first-order valence-electron chi connectivity index (χ1n) is 6.81. The highest BCUT2D eigenvalue weighted by Gasteiger charge is 2.10. The summed E-state index contributed by atoms with van der Waals surface area (Å²) in [5.74, 6) is 1.71. The van der Waals surface area contributed by atoms with Gasteiger partial charge in [-0.3, -0.25) is 9.89 Å². The molecule has 2 heterocycles. The summed E-state index contributed by atoms with van der Waals surface area (Å²) < 4.78 is 5.03. The van der Waals surface area contributed by atoms with E-state index in [0.717, 1.165) is 17.1 Å². The van der Waals surface area contributed by atoms with Crippen molar-refractivity contribution in [2.24, 2.45) is 0 Å². The fraction of sp³-hybridized carbons (Fsp3) is 0.200. The highest BCUT2D eigenvalue weighted by atomic mass is 16.5. The smallest absolute Gasteiger partial charge is 0.232 e. The number of nitrogens with one attached hydrogen (secondary N) is 2. The van der Waals surface area contributed by atoms with Crippen LogP contribution in [0.3, 0.4) is 0 Å². The van der Waals surface area contributed by atoms with Crippen molar-refractivity contribution in [1.29, 1.82) is 0 Å². The molecule has 0 spiro atoms. The number of aryl methyl sites for hydroxylation is 2. The van der Waals surface area contributed by atoms with Crippen LogP contribution in [0.5, 0.6) is 0 Å². The number of carbonyl (C=O) groups excluding carboxylic acids is 1. The van der Waals surface area contributed by atoms with E-state index in [1.165, 1.54) is 0 Å². The minimum Gasteiger partial charge on any atom is -0.361 e. The second-order valence-electron chi connectivity index (χ2n) is 4.98. The Labute approximate surface area is 126 Å². The zero-order chi connectivity index (χ0) is 15.5. The van der Waals surface area contributed by atoms with E-state index < -0.39 is 0 Å². The lowest BCUT2D eigenvalue weighted by Gasteiger charge is -2.05. The zero-order valence-electron chi connectivity index (χ0n) is 12.3. The van der Waals surface area contributed by atoms with Crippen molar-refractivity contribution < 1.29 is 9.32 Å². The number of hydrogen-bond acceptors (Lipinski definition) is 5. The molecule has 0 aliphatic rings. The van der Waals surface area contributed by atoms with Crippen LogP contribution in [0.25, 0.3) is 11.4 Å². The number of benzene rings is 1. The Morgan fingerprint density at radius 2 is 2.18 bits per heavy atom. The lowest BCUT2D eigenvalue weighted by Crippen LogP contribution is -2.14. The number of anilines is 1. The third kappa shape index (κ3) is 3.20. The molecule has 0 aliphatic heterocycles. The summed E-state index contributed by atoms with van der Waals surface area (Å²) in [6, 6.07) is 9.11. The van der Waals surface area contributed by atoms with Crippen LogP contribution in [0.1, 0.15) is 17.3 Å². The van der Waals surface area contributed by atoms with Gasteiger partial charge in [-0.05, 0) is 26.0 Å². The van der Waals surface area contributed by atoms with Crippen LogP contribution >= 0.6 is 0 Å². The molecule has 7 nitrogen and oxygen atoms in total. The maximum atomic E-state index is 12.0. The molecule has 2 N–H and O–H groups in total. The van der Waals surface area contributed by atoms with Crippen molar-refractivity contribution in [1.82, 2.24) is 20.3 Å². The van der Waals surface area contributed by atoms with Gasteiger partial charge in [0.15, 0.2) is 5.82 Å². The summed E-state index contributed by atoms with van der Waals surface area (Å²) in [6.45, 7) is 3.65. The molecule has 3 aromatic rings. The van der Waals surface area contributed by atoms with Gasteiger partial charge in [0.05, 0.1) is 12.1 Å². The Hall–Kier alpha value is -2.96. The number of rotatable bonds is 4. The summed E-state index contributed by atoms with van der Waals surface area (Å²) in [5.41, 5.74) is 2.27. The Kier molecular flexibility index (Phi) is 3.69. The molecule has 22 heavy (non-hydrogen) atoms. The van der Waals surface area contributed by atoms with E-state index in [1.807, 2.05) is 38.1 Å². The van der Waals surface area contributed by atoms with Gasteiger partial charge < -0.3 is 9.84 Å². The van der Waals surface area contributed by atoms with Crippen molar-refractivity contribution in [2.45, 2.75) is 20.3 Å². The third-order valence-electron chi connectivity index (χ3n) is 3.01. The minimum atomic E-state index is -0.167. The maximum Gasteiger partial charge on any atom is 0.232 e. The fourth-order valence-electron chi connectivity index (χ4n) is 2.07. The Morgan fingerprint density at radius 1 is 1.32 bits per heavy atom. The van der Waals surface area contributed by atoms with Gasteiger partial charge in [-0.25, -0.2) is 4.98 Å². The first-order chi connectivity index (χ1) is 10.6. The number of nitrogens with zero attached hydrogens (tertiary/aromatic N) is 3. The SMILES string of the molecule is Cc1cc(CC(=O)Nc2cccc(-c3n[nH]c(C)n3)c2)on1. The highest BCUT2D eigenvalue weighted by Crippen LogP contribution is 2.19. The van der Waals surface area contributed by atoms with E-state index in [9.17, 15) is 4.79 Å². The first kappa shape index (κ1) is 14.0. The molecule has 0 atom stereocenters. The van der Waals surface area contributed by atoms with Gasteiger partial charge in [-0.2, -0.15) is 5.10 Å². The van der Waals surface area contributed by atoms with E-state index in [1.54, 1.807) is 6.07 Å². The second-order valence-corrected chi connectivity index (χ2v) is 4.98. The third-order valence-corrected chi connectivity index (χ3v) is 3.01. The molecule has 1 aromatic carbocycles. The topological polar surface area (TPSA) is 96.7 Å². The Bertz CT molecular complexity index is 806. The predicted octanol–water partition coefficient (Wildman–Crippen LogP) is 2.26. The molecule has 3 rings (SSSR count). The van der Waals surface area contributed by atoms with Crippen LogP contribution < -0.4 is 5.32 Å². The van der Waals surface area contributed by atoms with Crippen molar-refractivity contribution in [3.63, 3.8) is 0 Å². The quantitative estimate of drug-likeness (QED) is 0.770. The van der Waals surface area contributed by atoms with E-state index in [0.29, 0.717) is 17.3 Å². The Balaban J connectivity index is 1.71. The second kappa shape index (κ2) is 5.80. The number of aromatic nitrogens is 4. The van der Waals surface area contributed by atoms with Crippen LogP contribution in [-0.2, 0) is 11.2 Å². The fourth-order valence-corrected chi connectivity index (χ4v) is 2.07. The largest absolute Gasteiger partial charge is 0.361 e. The first-order valence-corrected chi connectivity index (χ1v) is 6.81. The summed E-state index contributed by atoms with van der Waals surface area (Å²) in [4.78, 5) is 16.3. The van der Waals surface area contributed by atoms with Gasteiger partial charge in [-0.1, -0.05) is 17.3 Å². The van der Waals surface area contributed by atoms with Gasteiger partial charge in [-0.15, -0.1) is 0 Å². The molecule has 0 saturated carbocycles. The Morgan fingerprint density at radius 3 is 2.86 bits per heavy atom. The molecule has 1 amide bonds.